The highest BCUT2D eigenvalue weighted by atomic mass is 32.2. The van der Waals surface area contributed by atoms with Gasteiger partial charge in [0.2, 0.25) is 10.0 Å². The third-order valence-corrected chi connectivity index (χ3v) is 6.50. The molecule has 1 amide bonds. The number of nitrogens with one attached hydrogen (secondary N) is 3. The molecule has 144 valence electrons. The maximum Gasteiger partial charge on any atom is 0.255 e. The van der Waals surface area contributed by atoms with Gasteiger partial charge in [-0.15, -0.1) is 0 Å². The van der Waals surface area contributed by atoms with Crippen molar-refractivity contribution in [3.05, 3.63) is 60.2 Å². The topological polar surface area (TPSA) is 79.7 Å². The number of likely N-dealkylation sites (tertiary alicyclic amines) is 1. The van der Waals surface area contributed by atoms with Gasteiger partial charge < -0.3 is 10.2 Å². The van der Waals surface area contributed by atoms with Gasteiger partial charge in [0.1, 0.15) is 6.04 Å². The SMILES string of the molecule is CC[NH+]1CCC[C@H]1CNS(=O)(=O)c1ccc(C(=O)Nc2ccccc2)cc1. The minimum Gasteiger partial charge on any atom is -0.332 e. The van der Waals surface area contributed by atoms with Crippen LogP contribution in [0.5, 0.6) is 0 Å². The highest BCUT2D eigenvalue weighted by molar-refractivity contribution is 7.89. The number of hydrogen-bond donors (Lipinski definition) is 3. The number of para-hydroxylation sites is 1. The number of quaternary nitrogens is 1. The van der Waals surface area contributed by atoms with Crippen LogP contribution in [0.2, 0.25) is 0 Å². The van der Waals surface area contributed by atoms with Gasteiger partial charge in [0.25, 0.3) is 5.91 Å². The highest BCUT2D eigenvalue weighted by Gasteiger charge is 2.28. The van der Waals surface area contributed by atoms with E-state index in [-0.39, 0.29) is 10.8 Å². The van der Waals surface area contributed by atoms with Crippen molar-refractivity contribution in [1.29, 1.82) is 0 Å². The Morgan fingerprint density at radius 1 is 1.11 bits per heavy atom. The van der Waals surface area contributed by atoms with E-state index in [9.17, 15) is 13.2 Å². The molecule has 27 heavy (non-hydrogen) atoms. The van der Waals surface area contributed by atoms with Crippen LogP contribution in [0.25, 0.3) is 0 Å². The standard InChI is InChI=1S/C20H25N3O3S/c1-2-23-14-6-9-18(23)15-21-27(25,26)19-12-10-16(11-13-19)20(24)22-17-7-4-3-5-8-17/h3-5,7-8,10-13,18,21H,2,6,9,14-15H2,1H3,(H,22,24)/p+1/t18-/m0/s1. The number of rotatable bonds is 7. The van der Waals surface area contributed by atoms with Gasteiger partial charge in [-0.1, -0.05) is 18.2 Å². The minimum absolute atomic E-state index is 0.176. The Kier molecular flexibility index (Phi) is 6.26. The van der Waals surface area contributed by atoms with Gasteiger partial charge >= 0.3 is 0 Å². The van der Waals surface area contributed by atoms with E-state index in [1.807, 2.05) is 18.2 Å². The second kappa shape index (κ2) is 8.65. The summed E-state index contributed by atoms with van der Waals surface area (Å²) in [5.74, 6) is -0.272. The van der Waals surface area contributed by atoms with Crippen molar-refractivity contribution in [3.8, 4) is 0 Å². The first-order valence-electron chi connectivity index (χ1n) is 9.30. The van der Waals surface area contributed by atoms with E-state index < -0.39 is 10.0 Å². The molecule has 1 heterocycles. The van der Waals surface area contributed by atoms with Crippen molar-refractivity contribution < 1.29 is 18.1 Å². The largest absolute Gasteiger partial charge is 0.332 e. The van der Waals surface area contributed by atoms with Crippen molar-refractivity contribution in [2.24, 2.45) is 0 Å². The molecule has 0 radical (unpaired) electrons. The van der Waals surface area contributed by atoms with E-state index in [0.717, 1.165) is 25.9 Å². The van der Waals surface area contributed by atoms with Crippen LogP contribution in [0.15, 0.2) is 59.5 Å². The highest BCUT2D eigenvalue weighted by Crippen LogP contribution is 2.13. The number of sulfonamides is 1. The molecule has 2 atom stereocenters. The van der Waals surface area contributed by atoms with Crippen LogP contribution in [0.3, 0.4) is 0 Å². The van der Waals surface area contributed by atoms with Crippen molar-refractivity contribution in [1.82, 2.24) is 4.72 Å². The Morgan fingerprint density at radius 2 is 1.81 bits per heavy atom. The smallest absolute Gasteiger partial charge is 0.255 e. The van der Waals surface area contributed by atoms with E-state index in [0.29, 0.717) is 23.8 Å². The van der Waals surface area contributed by atoms with Crippen LogP contribution >= 0.6 is 0 Å². The first kappa shape index (κ1) is 19.5. The zero-order valence-electron chi connectivity index (χ0n) is 15.4. The molecule has 3 N–H and O–H groups in total. The summed E-state index contributed by atoms with van der Waals surface area (Å²) in [7, 11) is -3.58. The Hall–Kier alpha value is -2.22. The maximum atomic E-state index is 12.5. The van der Waals surface area contributed by atoms with E-state index in [2.05, 4.69) is 17.0 Å². The molecule has 2 aromatic rings. The number of carbonyl (C=O) groups is 1. The van der Waals surface area contributed by atoms with E-state index >= 15 is 0 Å². The van der Waals surface area contributed by atoms with Crippen molar-refractivity contribution in [2.75, 3.05) is 25.0 Å². The summed E-state index contributed by atoms with van der Waals surface area (Å²) in [6.07, 6.45) is 2.19. The van der Waals surface area contributed by atoms with Crippen molar-refractivity contribution in [3.63, 3.8) is 0 Å². The van der Waals surface area contributed by atoms with Gasteiger partial charge in [-0.3, -0.25) is 4.79 Å². The monoisotopic (exact) mass is 388 g/mol. The van der Waals surface area contributed by atoms with Crippen LogP contribution in [-0.4, -0.2) is 40.0 Å². The van der Waals surface area contributed by atoms with Gasteiger partial charge in [0.15, 0.2) is 0 Å². The third-order valence-electron chi connectivity index (χ3n) is 5.06. The number of anilines is 1. The van der Waals surface area contributed by atoms with Gasteiger partial charge in [-0.05, 0) is 43.3 Å². The number of likely N-dealkylation sites (N-methyl/N-ethyl adjacent to an activating group) is 1. The van der Waals surface area contributed by atoms with Crippen LogP contribution in [-0.2, 0) is 10.0 Å². The molecule has 1 unspecified atom stereocenters. The molecule has 0 saturated carbocycles. The summed E-state index contributed by atoms with van der Waals surface area (Å²) in [5.41, 5.74) is 1.11. The molecule has 0 aliphatic carbocycles. The molecule has 1 fully saturated rings. The van der Waals surface area contributed by atoms with E-state index in [1.54, 1.807) is 12.1 Å². The van der Waals surface area contributed by atoms with Crippen molar-refractivity contribution in [2.45, 2.75) is 30.7 Å². The fourth-order valence-corrected chi connectivity index (χ4v) is 4.58. The third kappa shape index (κ3) is 4.94. The van der Waals surface area contributed by atoms with Crippen molar-refractivity contribution >= 4 is 21.6 Å². The molecule has 1 saturated heterocycles. The van der Waals surface area contributed by atoms with Crippen LogP contribution < -0.4 is 14.9 Å². The maximum absolute atomic E-state index is 12.5. The lowest BCUT2D eigenvalue weighted by atomic mass is 10.2. The second-order valence-corrected chi connectivity index (χ2v) is 8.56. The Balaban J connectivity index is 1.62. The summed E-state index contributed by atoms with van der Waals surface area (Å²) in [4.78, 5) is 13.9. The zero-order chi connectivity index (χ0) is 19.3. The Morgan fingerprint density at radius 3 is 2.48 bits per heavy atom. The predicted octanol–water partition coefficient (Wildman–Crippen LogP) is 1.28. The minimum atomic E-state index is -3.58. The zero-order valence-corrected chi connectivity index (χ0v) is 16.3. The molecule has 3 rings (SSSR count). The molecule has 1 aliphatic rings. The summed E-state index contributed by atoms with van der Waals surface area (Å²) in [6, 6.07) is 15.5. The van der Waals surface area contributed by atoms with E-state index in [4.69, 9.17) is 0 Å². The number of hydrogen-bond acceptors (Lipinski definition) is 3. The molecular weight excluding hydrogens is 362 g/mol. The van der Waals surface area contributed by atoms with Gasteiger partial charge in [0.05, 0.1) is 24.5 Å². The van der Waals surface area contributed by atoms with Gasteiger partial charge in [0, 0.05) is 24.1 Å². The van der Waals surface area contributed by atoms with Crippen LogP contribution in [0.1, 0.15) is 30.1 Å². The lowest BCUT2D eigenvalue weighted by molar-refractivity contribution is -0.909. The first-order chi connectivity index (χ1) is 13.0. The Bertz CT molecular complexity index is 867. The average Bonchev–Trinajstić information content (AvgIpc) is 3.15. The van der Waals surface area contributed by atoms with E-state index in [1.165, 1.54) is 29.2 Å². The Labute approximate surface area is 160 Å². The van der Waals surface area contributed by atoms with Crippen LogP contribution in [0, 0.1) is 0 Å². The molecule has 6 nitrogen and oxygen atoms in total. The second-order valence-electron chi connectivity index (χ2n) is 6.80. The average molecular weight is 389 g/mol. The lowest BCUT2D eigenvalue weighted by Gasteiger charge is -2.20. The summed E-state index contributed by atoms with van der Waals surface area (Å²) in [6.45, 7) is 4.69. The molecule has 0 aromatic heterocycles. The fourth-order valence-electron chi connectivity index (χ4n) is 3.50. The quantitative estimate of drug-likeness (QED) is 0.669. The summed E-state index contributed by atoms with van der Waals surface area (Å²) in [5, 5.41) is 2.78. The molecule has 1 aliphatic heterocycles. The number of benzene rings is 2. The first-order valence-corrected chi connectivity index (χ1v) is 10.8. The molecule has 7 heteroatoms. The van der Waals surface area contributed by atoms with Crippen LogP contribution in [0.4, 0.5) is 5.69 Å². The normalized spacial score (nSPS) is 19.7. The lowest BCUT2D eigenvalue weighted by Crippen LogP contribution is -3.14. The number of carbonyl (C=O) groups excluding carboxylic acids is 1. The summed E-state index contributed by atoms with van der Waals surface area (Å²) >= 11 is 0. The molecule has 2 aromatic carbocycles. The van der Waals surface area contributed by atoms with Gasteiger partial charge in [-0.25, -0.2) is 13.1 Å². The molecule has 0 spiro atoms. The molecular formula is C20H26N3O3S+. The fraction of sp³-hybridized carbons (Fsp3) is 0.350. The summed E-state index contributed by atoms with van der Waals surface area (Å²) < 4.78 is 27.8. The van der Waals surface area contributed by atoms with Gasteiger partial charge in [-0.2, -0.15) is 0 Å². The number of amides is 1. The molecule has 0 bridgehead atoms. The predicted molar refractivity (Wildman–Crippen MR) is 105 cm³/mol.